The number of fused-ring (bicyclic) bond motifs is 1. The molecule has 0 saturated carbocycles. The molecule has 1 aliphatic heterocycles. The van der Waals surface area contributed by atoms with E-state index in [-0.39, 0.29) is 11.9 Å². The van der Waals surface area contributed by atoms with Crippen molar-refractivity contribution in [3.8, 4) is 22.9 Å². The molecule has 0 spiro atoms. The standard InChI is InChI=1S/C29H31N7O3S/c1-39-27-13-21(18-36-28(27)22(14-30)15-33-36)23-16-32-35(19-23)25-8-10-34(11-9-25)29(38)20-4-6-24(7-5-20)31-17-26(37)3-2-12-40/h2,4-7,12-13,15-16,18-19,25-26,31,37,40H,3,8-11,17H2,1H3/b12-2+/t26-/m0/s1. The lowest BCUT2D eigenvalue weighted by molar-refractivity contribution is 0.0690. The van der Waals surface area contributed by atoms with Crippen LogP contribution in [0.5, 0.6) is 5.75 Å². The van der Waals surface area contributed by atoms with Crippen LogP contribution in [0.1, 0.15) is 41.2 Å². The summed E-state index contributed by atoms with van der Waals surface area (Å²) in [6, 6.07) is 11.6. The van der Waals surface area contributed by atoms with Crippen LogP contribution in [0.2, 0.25) is 0 Å². The van der Waals surface area contributed by atoms with Gasteiger partial charge in [0.1, 0.15) is 22.9 Å². The van der Waals surface area contributed by atoms with Crippen molar-refractivity contribution in [3.05, 3.63) is 77.7 Å². The van der Waals surface area contributed by atoms with E-state index < -0.39 is 6.10 Å². The Bertz CT molecular complexity index is 1550. The van der Waals surface area contributed by atoms with E-state index in [4.69, 9.17) is 4.74 Å². The summed E-state index contributed by atoms with van der Waals surface area (Å²) in [6.45, 7) is 1.71. The molecule has 0 unspecified atom stereocenters. The van der Waals surface area contributed by atoms with Gasteiger partial charge in [0.25, 0.3) is 5.91 Å². The first-order chi connectivity index (χ1) is 19.5. The Labute approximate surface area is 237 Å². The van der Waals surface area contributed by atoms with Gasteiger partial charge in [-0.25, -0.2) is 4.52 Å². The number of aliphatic hydroxyl groups is 1. The van der Waals surface area contributed by atoms with Crippen molar-refractivity contribution in [2.75, 3.05) is 32.1 Å². The van der Waals surface area contributed by atoms with Crippen molar-refractivity contribution in [2.45, 2.75) is 31.4 Å². The van der Waals surface area contributed by atoms with E-state index in [0.717, 1.165) is 29.7 Å². The van der Waals surface area contributed by atoms with Crippen LogP contribution in [0, 0.1) is 11.3 Å². The predicted octanol–water partition coefficient (Wildman–Crippen LogP) is 4.16. The Kier molecular flexibility index (Phi) is 8.38. The number of thiol groups is 1. The highest BCUT2D eigenvalue weighted by Crippen LogP contribution is 2.31. The summed E-state index contributed by atoms with van der Waals surface area (Å²) in [6.07, 6.45) is 10.7. The van der Waals surface area contributed by atoms with Crippen LogP contribution in [0.4, 0.5) is 5.69 Å². The molecule has 0 radical (unpaired) electrons. The number of benzene rings is 1. The Balaban J connectivity index is 1.18. The number of anilines is 1. The lowest BCUT2D eigenvalue weighted by Gasteiger charge is -2.32. The summed E-state index contributed by atoms with van der Waals surface area (Å²) >= 11 is 4.00. The topological polar surface area (TPSA) is 121 Å². The molecular weight excluding hydrogens is 526 g/mol. The average Bonchev–Trinajstić information content (AvgIpc) is 3.66. The molecule has 1 atom stereocenters. The van der Waals surface area contributed by atoms with Crippen LogP contribution in [-0.4, -0.2) is 68.2 Å². The summed E-state index contributed by atoms with van der Waals surface area (Å²) in [5.74, 6) is 0.593. The highest BCUT2D eigenvalue weighted by molar-refractivity contribution is 7.83. The minimum atomic E-state index is -0.502. The normalized spacial score (nSPS) is 14.9. The maximum Gasteiger partial charge on any atom is 0.253 e. The number of amides is 1. The molecule has 1 aliphatic rings. The van der Waals surface area contributed by atoms with Gasteiger partial charge < -0.3 is 20.1 Å². The number of nitrogens with one attached hydrogen (secondary N) is 1. The second-order valence-corrected chi connectivity index (χ2v) is 10.0. The molecule has 1 aromatic carbocycles. The predicted molar refractivity (Wildman–Crippen MR) is 156 cm³/mol. The van der Waals surface area contributed by atoms with Gasteiger partial charge >= 0.3 is 0 Å². The number of hydrogen-bond acceptors (Lipinski definition) is 8. The summed E-state index contributed by atoms with van der Waals surface area (Å²) in [5, 5.41) is 33.0. The first-order valence-corrected chi connectivity index (χ1v) is 13.6. The number of nitrogens with zero attached hydrogens (tertiary/aromatic N) is 6. The summed E-state index contributed by atoms with van der Waals surface area (Å²) in [4.78, 5) is 15.0. The van der Waals surface area contributed by atoms with Gasteiger partial charge in [-0.2, -0.15) is 28.1 Å². The SMILES string of the molecule is COc1cc(-c2cnn(C3CCN(C(=O)c4ccc(NC[C@@H](O)C/C=C/S)cc4)CC3)c2)cn2ncc(C#N)c12. The minimum absolute atomic E-state index is 0.0152. The molecule has 1 fully saturated rings. The minimum Gasteiger partial charge on any atom is -0.494 e. The van der Waals surface area contributed by atoms with Crippen LogP contribution >= 0.6 is 12.6 Å². The van der Waals surface area contributed by atoms with Crippen LogP contribution < -0.4 is 10.1 Å². The molecule has 4 heterocycles. The largest absolute Gasteiger partial charge is 0.494 e. The molecule has 1 amide bonds. The fraction of sp³-hybridized carbons (Fsp3) is 0.310. The van der Waals surface area contributed by atoms with E-state index >= 15 is 0 Å². The summed E-state index contributed by atoms with van der Waals surface area (Å²) < 4.78 is 9.16. The number of carbonyl (C=O) groups is 1. The average molecular weight is 558 g/mol. The lowest BCUT2D eigenvalue weighted by Crippen LogP contribution is -2.39. The molecule has 5 rings (SSSR count). The summed E-state index contributed by atoms with van der Waals surface area (Å²) in [7, 11) is 1.58. The third-order valence-corrected chi connectivity index (χ3v) is 7.38. The van der Waals surface area contributed by atoms with Gasteiger partial charge in [-0.15, -0.1) is 0 Å². The van der Waals surface area contributed by atoms with Gasteiger partial charge in [0, 0.05) is 54.4 Å². The fourth-order valence-electron chi connectivity index (χ4n) is 4.95. The number of aliphatic hydroxyl groups excluding tert-OH is 1. The molecule has 1 saturated heterocycles. The third-order valence-electron chi connectivity index (χ3n) is 7.17. The second-order valence-electron chi connectivity index (χ2n) is 9.73. The van der Waals surface area contributed by atoms with Crippen LogP contribution in [0.3, 0.4) is 0 Å². The van der Waals surface area contributed by atoms with Gasteiger partial charge in [0.15, 0.2) is 0 Å². The monoisotopic (exact) mass is 557 g/mol. The number of ether oxygens (including phenoxy) is 1. The van der Waals surface area contributed by atoms with Gasteiger partial charge in [-0.3, -0.25) is 9.48 Å². The zero-order valence-electron chi connectivity index (χ0n) is 22.1. The van der Waals surface area contributed by atoms with Gasteiger partial charge in [-0.1, -0.05) is 6.08 Å². The Morgan fingerprint density at radius 3 is 2.70 bits per heavy atom. The first-order valence-electron chi connectivity index (χ1n) is 13.1. The van der Waals surface area contributed by atoms with Crippen LogP contribution in [0.25, 0.3) is 16.6 Å². The number of rotatable bonds is 9. The quantitative estimate of drug-likeness (QED) is 0.264. The molecule has 2 N–H and O–H groups in total. The van der Waals surface area contributed by atoms with Crippen molar-refractivity contribution in [2.24, 2.45) is 0 Å². The van der Waals surface area contributed by atoms with E-state index in [2.05, 4.69) is 34.2 Å². The molecule has 40 heavy (non-hydrogen) atoms. The zero-order valence-corrected chi connectivity index (χ0v) is 23.0. The van der Waals surface area contributed by atoms with Gasteiger partial charge in [-0.05, 0) is 55.0 Å². The maximum absolute atomic E-state index is 13.1. The molecule has 4 aromatic rings. The number of nitriles is 1. The number of piperidine rings is 1. The Morgan fingerprint density at radius 1 is 1.23 bits per heavy atom. The highest BCUT2D eigenvalue weighted by Gasteiger charge is 2.25. The third kappa shape index (κ3) is 5.83. The molecule has 0 bridgehead atoms. The van der Waals surface area contributed by atoms with Crippen molar-refractivity contribution in [3.63, 3.8) is 0 Å². The molecule has 10 nitrogen and oxygen atoms in total. The smallest absolute Gasteiger partial charge is 0.253 e. The molecular formula is C29H31N7O3S. The van der Waals surface area contributed by atoms with Crippen LogP contribution in [0.15, 0.2) is 66.6 Å². The Hall–Kier alpha value is -4.27. The van der Waals surface area contributed by atoms with E-state index in [0.29, 0.717) is 48.4 Å². The molecule has 3 aromatic heterocycles. The van der Waals surface area contributed by atoms with Crippen LogP contribution in [-0.2, 0) is 0 Å². The van der Waals surface area contributed by atoms with Gasteiger partial charge in [0.05, 0.1) is 31.6 Å². The van der Waals surface area contributed by atoms with E-state index in [9.17, 15) is 15.2 Å². The van der Waals surface area contributed by atoms with E-state index in [1.165, 1.54) is 6.20 Å². The maximum atomic E-state index is 13.1. The lowest BCUT2D eigenvalue weighted by atomic mass is 10.0. The highest BCUT2D eigenvalue weighted by atomic mass is 32.1. The molecule has 206 valence electrons. The van der Waals surface area contributed by atoms with Crippen molar-refractivity contribution in [1.82, 2.24) is 24.3 Å². The zero-order chi connectivity index (χ0) is 28.1. The number of likely N-dealkylation sites (tertiary alicyclic amines) is 1. The van der Waals surface area contributed by atoms with Crippen molar-refractivity contribution >= 4 is 29.7 Å². The molecule has 0 aliphatic carbocycles. The van der Waals surface area contributed by atoms with Crippen molar-refractivity contribution < 1.29 is 14.6 Å². The van der Waals surface area contributed by atoms with Gasteiger partial charge in [0.2, 0.25) is 0 Å². The van der Waals surface area contributed by atoms with E-state index in [1.807, 2.05) is 58.5 Å². The number of methoxy groups -OCH3 is 1. The number of hydrogen-bond donors (Lipinski definition) is 3. The number of carbonyl (C=O) groups excluding carboxylic acids is 1. The second kappa shape index (κ2) is 12.3. The number of pyridine rings is 1. The van der Waals surface area contributed by atoms with Crippen molar-refractivity contribution in [1.29, 1.82) is 5.26 Å². The Morgan fingerprint density at radius 2 is 2.00 bits per heavy atom. The molecule has 11 heteroatoms. The van der Waals surface area contributed by atoms with E-state index in [1.54, 1.807) is 23.1 Å². The fourth-order valence-corrected chi connectivity index (χ4v) is 5.07. The summed E-state index contributed by atoms with van der Waals surface area (Å²) in [5.41, 5.74) is 4.41. The first kappa shape index (κ1) is 27.3. The number of aromatic nitrogens is 4.